The molecular weight excluding hydrogens is 463 g/mol. The van der Waals surface area contributed by atoms with Gasteiger partial charge in [-0.2, -0.15) is 0 Å². The van der Waals surface area contributed by atoms with Gasteiger partial charge in [-0.15, -0.1) is 11.3 Å². The molecule has 7 nitrogen and oxygen atoms in total. The number of nitrogens with one attached hydrogen (secondary N) is 2. The molecular formula is C23H20ClFN6OS. The maximum absolute atomic E-state index is 15.7. The number of hydrogen-bond donors (Lipinski definition) is 2. The lowest BCUT2D eigenvalue weighted by Crippen LogP contribution is -2.49. The summed E-state index contributed by atoms with van der Waals surface area (Å²) in [6.07, 6.45) is 8.39. The fourth-order valence-electron chi connectivity index (χ4n) is 5.35. The monoisotopic (exact) mass is 482 g/mol. The molecule has 0 amide bonds. The minimum atomic E-state index is -0.513. The zero-order chi connectivity index (χ0) is 22.5. The van der Waals surface area contributed by atoms with Gasteiger partial charge < -0.3 is 15.1 Å². The SMILES string of the molecule is O=CC1C2CCC(CC2)C1Nc1nc(-c2c[nH]c3nc(Cl)cnc23)nc(-c2cccs2)c1F. The molecule has 3 aliphatic carbocycles. The molecule has 4 aromatic rings. The number of nitrogens with zero attached hydrogens (tertiary/aromatic N) is 4. The van der Waals surface area contributed by atoms with Crippen LogP contribution in [0.5, 0.6) is 0 Å². The van der Waals surface area contributed by atoms with E-state index in [-0.39, 0.29) is 28.6 Å². The van der Waals surface area contributed by atoms with E-state index in [2.05, 4.69) is 30.2 Å². The van der Waals surface area contributed by atoms with Crippen LogP contribution in [0.3, 0.4) is 0 Å². The van der Waals surface area contributed by atoms with E-state index in [1.165, 1.54) is 17.5 Å². The van der Waals surface area contributed by atoms with E-state index in [1.54, 1.807) is 6.20 Å². The van der Waals surface area contributed by atoms with Crippen LogP contribution in [0.15, 0.2) is 29.9 Å². The summed E-state index contributed by atoms with van der Waals surface area (Å²) in [6.45, 7) is 0. The zero-order valence-corrected chi connectivity index (χ0v) is 19.0. The number of thiophene rings is 1. The van der Waals surface area contributed by atoms with Crippen LogP contribution in [0.2, 0.25) is 5.15 Å². The van der Waals surface area contributed by atoms with E-state index >= 15 is 4.39 Å². The van der Waals surface area contributed by atoms with Crippen molar-refractivity contribution in [2.24, 2.45) is 17.8 Å². The highest BCUT2D eigenvalue weighted by Gasteiger charge is 2.44. The van der Waals surface area contributed by atoms with E-state index in [0.717, 1.165) is 32.0 Å². The van der Waals surface area contributed by atoms with E-state index in [4.69, 9.17) is 11.6 Å². The van der Waals surface area contributed by atoms with Crippen LogP contribution in [-0.2, 0) is 4.79 Å². The summed E-state index contributed by atoms with van der Waals surface area (Å²) in [7, 11) is 0. The highest BCUT2D eigenvalue weighted by molar-refractivity contribution is 7.13. The second-order valence-corrected chi connectivity index (χ2v) is 10.0. The van der Waals surface area contributed by atoms with Crippen molar-refractivity contribution in [1.82, 2.24) is 24.9 Å². The predicted octanol–water partition coefficient (Wildman–Crippen LogP) is 5.35. The Balaban J connectivity index is 1.48. The lowest BCUT2D eigenvalue weighted by molar-refractivity contribution is -0.116. The molecule has 0 radical (unpaired) electrons. The Morgan fingerprint density at radius 1 is 1.18 bits per heavy atom. The normalized spacial score (nSPS) is 24.3. The van der Waals surface area contributed by atoms with Gasteiger partial charge in [-0.05, 0) is 49.0 Å². The van der Waals surface area contributed by atoms with Gasteiger partial charge in [0.1, 0.15) is 22.6 Å². The van der Waals surface area contributed by atoms with Gasteiger partial charge in [0.05, 0.1) is 16.6 Å². The first-order chi connectivity index (χ1) is 16.1. The maximum atomic E-state index is 15.7. The molecule has 7 rings (SSSR count). The van der Waals surface area contributed by atoms with Crippen LogP contribution in [0.1, 0.15) is 25.7 Å². The minimum absolute atomic E-state index is 0.115. The molecule has 3 saturated carbocycles. The topological polar surface area (TPSA) is 96.5 Å². The maximum Gasteiger partial charge on any atom is 0.192 e. The molecule has 4 heterocycles. The number of rotatable bonds is 5. The Bertz CT molecular complexity index is 1330. The fourth-order valence-corrected chi connectivity index (χ4v) is 6.19. The largest absolute Gasteiger partial charge is 0.364 e. The molecule has 4 aromatic heterocycles. The van der Waals surface area contributed by atoms with Crippen LogP contribution in [-0.4, -0.2) is 37.2 Å². The third kappa shape index (κ3) is 3.50. The number of carbonyl (C=O) groups excluding carboxylic acids is 1. The first-order valence-electron chi connectivity index (χ1n) is 11.0. The molecule has 33 heavy (non-hydrogen) atoms. The van der Waals surface area contributed by atoms with Gasteiger partial charge in [-0.1, -0.05) is 17.7 Å². The fraction of sp³-hybridized carbons (Fsp3) is 0.348. The summed E-state index contributed by atoms with van der Waals surface area (Å²) in [5, 5.41) is 5.47. The Morgan fingerprint density at radius 3 is 2.76 bits per heavy atom. The number of hydrogen-bond acceptors (Lipinski definition) is 7. The highest BCUT2D eigenvalue weighted by Crippen LogP contribution is 2.46. The number of H-pyrrole nitrogens is 1. The predicted molar refractivity (Wildman–Crippen MR) is 126 cm³/mol. The lowest BCUT2D eigenvalue weighted by atomic mass is 9.62. The number of aromatic nitrogens is 5. The lowest BCUT2D eigenvalue weighted by Gasteiger charge is -2.46. The summed E-state index contributed by atoms with van der Waals surface area (Å²) in [5.41, 5.74) is 1.88. The molecule has 3 fully saturated rings. The van der Waals surface area contributed by atoms with Gasteiger partial charge in [0.2, 0.25) is 0 Å². The molecule has 0 saturated heterocycles. The van der Waals surface area contributed by atoms with Gasteiger partial charge in [0.25, 0.3) is 0 Å². The second kappa shape index (κ2) is 8.14. The van der Waals surface area contributed by atoms with Crippen LogP contribution in [0, 0.1) is 23.6 Å². The quantitative estimate of drug-likeness (QED) is 0.372. The molecule has 3 aliphatic rings. The summed E-state index contributed by atoms with van der Waals surface area (Å²) < 4.78 is 15.7. The molecule has 10 heteroatoms. The van der Waals surface area contributed by atoms with Crippen LogP contribution < -0.4 is 5.32 Å². The summed E-state index contributed by atoms with van der Waals surface area (Å²) in [5.74, 6) is 0.467. The van der Waals surface area contributed by atoms with Crippen molar-refractivity contribution >= 4 is 46.2 Å². The molecule has 0 aliphatic heterocycles. The third-order valence-corrected chi connectivity index (χ3v) is 8.00. The van der Waals surface area contributed by atoms with Crippen molar-refractivity contribution in [2.75, 3.05) is 5.32 Å². The van der Waals surface area contributed by atoms with Gasteiger partial charge in [0.15, 0.2) is 23.1 Å². The minimum Gasteiger partial charge on any atom is -0.364 e. The number of aromatic amines is 1. The number of aldehydes is 1. The second-order valence-electron chi connectivity index (χ2n) is 8.69. The Kier molecular flexibility index (Phi) is 5.10. The van der Waals surface area contributed by atoms with E-state index in [1.807, 2.05) is 17.5 Å². The molecule has 2 N–H and O–H groups in total. The first kappa shape index (κ1) is 20.7. The van der Waals surface area contributed by atoms with Crippen LogP contribution >= 0.6 is 22.9 Å². The van der Waals surface area contributed by atoms with Crippen LogP contribution in [0.25, 0.3) is 33.1 Å². The highest BCUT2D eigenvalue weighted by atomic mass is 35.5. The van der Waals surface area contributed by atoms with Gasteiger partial charge in [-0.3, -0.25) is 0 Å². The van der Waals surface area contributed by atoms with Gasteiger partial charge >= 0.3 is 0 Å². The molecule has 0 spiro atoms. The zero-order valence-electron chi connectivity index (χ0n) is 17.5. The van der Waals surface area contributed by atoms with Crippen molar-refractivity contribution in [3.63, 3.8) is 0 Å². The number of anilines is 1. The number of halogens is 2. The van der Waals surface area contributed by atoms with E-state index in [9.17, 15) is 4.79 Å². The molecule has 2 atom stereocenters. The van der Waals surface area contributed by atoms with Gasteiger partial charge in [0, 0.05) is 18.2 Å². The Hall–Kier alpha value is -2.91. The average Bonchev–Trinajstić information content (AvgIpc) is 3.51. The molecule has 0 aromatic carbocycles. The number of fused-ring (bicyclic) bond motifs is 4. The Morgan fingerprint density at radius 2 is 2.00 bits per heavy atom. The van der Waals surface area contributed by atoms with Crippen molar-refractivity contribution < 1.29 is 9.18 Å². The molecule has 2 bridgehead atoms. The Labute approximate surface area is 197 Å². The van der Waals surface area contributed by atoms with Crippen LogP contribution in [0.4, 0.5) is 10.2 Å². The third-order valence-electron chi connectivity index (χ3n) is 6.94. The van der Waals surface area contributed by atoms with Gasteiger partial charge in [-0.25, -0.2) is 24.3 Å². The smallest absolute Gasteiger partial charge is 0.192 e. The van der Waals surface area contributed by atoms with E-state index in [0.29, 0.717) is 39.3 Å². The van der Waals surface area contributed by atoms with Crippen molar-refractivity contribution in [2.45, 2.75) is 31.7 Å². The standard InChI is InChI=1S/C23H20ClFN6OS/c24-16-9-26-19-13(8-27-23(19)28-16)21-30-20(15-2-1-7-33-15)17(25)22(31-21)29-18-12-5-3-11(4-6-12)14(18)10-32/h1-2,7-12,14,18H,3-6H2,(H,27,28)(H,29,30,31). The first-order valence-corrected chi connectivity index (χ1v) is 12.2. The summed E-state index contributed by atoms with van der Waals surface area (Å²) in [6, 6.07) is 3.55. The van der Waals surface area contributed by atoms with Crippen molar-refractivity contribution in [3.8, 4) is 22.0 Å². The summed E-state index contributed by atoms with van der Waals surface area (Å²) >= 11 is 7.37. The number of carbonyl (C=O) groups is 1. The van der Waals surface area contributed by atoms with Crippen molar-refractivity contribution in [1.29, 1.82) is 0 Å². The van der Waals surface area contributed by atoms with E-state index < -0.39 is 5.82 Å². The summed E-state index contributed by atoms with van der Waals surface area (Å²) in [4.78, 5) is 33.4. The molecule has 168 valence electrons. The molecule has 2 unspecified atom stereocenters. The average molecular weight is 483 g/mol. The van der Waals surface area contributed by atoms with Crippen molar-refractivity contribution in [3.05, 3.63) is 40.9 Å².